The highest BCUT2D eigenvalue weighted by atomic mass is 32.2. The lowest BCUT2D eigenvalue weighted by Gasteiger charge is -2.24. The Bertz CT molecular complexity index is 801. The van der Waals surface area contributed by atoms with Gasteiger partial charge in [0, 0.05) is 32.6 Å². The second-order valence-electron chi connectivity index (χ2n) is 7.10. The molecule has 3 rings (SSSR count). The SMILES string of the molecule is COCCN(Cc1cccnc1)S(=O)(=O)c1ccc(C2CCCCC2)cc1. The highest BCUT2D eigenvalue weighted by Gasteiger charge is 2.25. The first kappa shape index (κ1) is 20.0. The van der Waals surface area contributed by atoms with E-state index in [9.17, 15) is 8.42 Å². The van der Waals surface area contributed by atoms with Crippen LogP contribution in [-0.2, 0) is 21.3 Å². The molecule has 0 aliphatic heterocycles. The Kier molecular flexibility index (Phi) is 6.99. The molecule has 5 nitrogen and oxygen atoms in total. The number of methoxy groups -OCH3 is 1. The van der Waals surface area contributed by atoms with Gasteiger partial charge in [0.05, 0.1) is 11.5 Å². The number of hydrogen-bond donors (Lipinski definition) is 0. The number of sulfonamides is 1. The molecular formula is C21H28N2O3S. The standard InChI is InChI=1S/C21H28N2O3S/c1-26-15-14-23(17-18-6-5-13-22-16-18)27(24,25)21-11-9-20(10-12-21)19-7-3-2-4-8-19/h5-6,9-13,16,19H,2-4,7-8,14-15,17H2,1H3. The van der Waals surface area contributed by atoms with E-state index in [1.54, 1.807) is 31.6 Å². The molecule has 27 heavy (non-hydrogen) atoms. The van der Waals surface area contributed by atoms with E-state index in [-0.39, 0.29) is 6.54 Å². The van der Waals surface area contributed by atoms with Crippen molar-refractivity contribution in [2.75, 3.05) is 20.3 Å². The van der Waals surface area contributed by atoms with E-state index in [2.05, 4.69) is 4.98 Å². The summed E-state index contributed by atoms with van der Waals surface area (Å²) >= 11 is 0. The molecule has 0 N–H and O–H groups in total. The smallest absolute Gasteiger partial charge is 0.243 e. The summed E-state index contributed by atoms with van der Waals surface area (Å²) in [6, 6.07) is 11.2. The zero-order valence-corrected chi connectivity index (χ0v) is 16.7. The van der Waals surface area contributed by atoms with Crippen molar-refractivity contribution in [3.63, 3.8) is 0 Å². The van der Waals surface area contributed by atoms with Crippen LogP contribution in [0, 0.1) is 0 Å². The zero-order valence-electron chi connectivity index (χ0n) is 15.9. The van der Waals surface area contributed by atoms with Crippen LogP contribution in [0.1, 0.15) is 49.1 Å². The molecule has 6 heteroatoms. The molecule has 1 aliphatic carbocycles. The van der Waals surface area contributed by atoms with Gasteiger partial charge in [0.2, 0.25) is 10.0 Å². The molecule has 0 amide bonds. The fraction of sp³-hybridized carbons (Fsp3) is 0.476. The predicted molar refractivity (Wildman–Crippen MR) is 106 cm³/mol. The third kappa shape index (κ3) is 5.15. The van der Waals surface area contributed by atoms with Crippen molar-refractivity contribution < 1.29 is 13.2 Å². The summed E-state index contributed by atoms with van der Waals surface area (Å²) in [6.45, 7) is 0.932. The highest BCUT2D eigenvalue weighted by Crippen LogP contribution is 2.33. The van der Waals surface area contributed by atoms with Crippen LogP contribution in [0.25, 0.3) is 0 Å². The average Bonchev–Trinajstić information content (AvgIpc) is 2.72. The van der Waals surface area contributed by atoms with E-state index < -0.39 is 10.0 Å². The lowest BCUT2D eigenvalue weighted by atomic mass is 9.84. The van der Waals surface area contributed by atoms with Gasteiger partial charge in [-0.3, -0.25) is 4.98 Å². The molecule has 0 radical (unpaired) electrons. The number of benzene rings is 1. The summed E-state index contributed by atoms with van der Waals surface area (Å²) in [5.74, 6) is 0.565. The Hall–Kier alpha value is -1.76. The Balaban J connectivity index is 1.80. The number of pyridine rings is 1. The minimum Gasteiger partial charge on any atom is -0.383 e. The van der Waals surface area contributed by atoms with E-state index in [1.807, 2.05) is 24.3 Å². The Labute approximate surface area is 162 Å². The molecule has 1 saturated carbocycles. The highest BCUT2D eigenvalue weighted by molar-refractivity contribution is 7.89. The normalized spacial score (nSPS) is 15.9. The minimum atomic E-state index is -3.59. The maximum atomic E-state index is 13.2. The molecule has 0 unspecified atom stereocenters. The Morgan fingerprint density at radius 1 is 1.11 bits per heavy atom. The first-order valence-electron chi connectivity index (χ1n) is 9.59. The van der Waals surface area contributed by atoms with Crippen LogP contribution in [0.3, 0.4) is 0 Å². The third-order valence-corrected chi connectivity index (χ3v) is 7.08. The van der Waals surface area contributed by atoms with Crippen molar-refractivity contribution >= 4 is 10.0 Å². The molecule has 2 aromatic rings. The number of hydrogen-bond acceptors (Lipinski definition) is 4. The first-order valence-corrected chi connectivity index (χ1v) is 11.0. The van der Waals surface area contributed by atoms with Crippen LogP contribution in [0.15, 0.2) is 53.7 Å². The van der Waals surface area contributed by atoms with Gasteiger partial charge in [-0.15, -0.1) is 0 Å². The molecular weight excluding hydrogens is 360 g/mol. The molecule has 1 aliphatic rings. The number of aromatic nitrogens is 1. The zero-order chi connectivity index (χ0) is 19.1. The molecule has 0 saturated heterocycles. The molecule has 1 fully saturated rings. The number of nitrogens with zero attached hydrogens (tertiary/aromatic N) is 2. The van der Waals surface area contributed by atoms with Crippen molar-refractivity contribution in [1.29, 1.82) is 0 Å². The van der Waals surface area contributed by atoms with E-state index in [0.717, 1.165) is 5.56 Å². The van der Waals surface area contributed by atoms with E-state index in [1.165, 1.54) is 42.0 Å². The van der Waals surface area contributed by atoms with E-state index >= 15 is 0 Å². The monoisotopic (exact) mass is 388 g/mol. The van der Waals surface area contributed by atoms with Crippen molar-refractivity contribution in [3.8, 4) is 0 Å². The number of ether oxygens (including phenoxy) is 1. The first-order chi connectivity index (χ1) is 13.1. The summed E-state index contributed by atoms with van der Waals surface area (Å²) in [7, 11) is -2.02. The molecule has 0 atom stereocenters. The molecule has 1 aromatic carbocycles. The fourth-order valence-electron chi connectivity index (χ4n) is 3.67. The van der Waals surface area contributed by atoms with Gasteiger partial charge in [-0.1, -0.05) is 37.5 Å². The second kappa shape index (κ2) is 9.44. The van der Waals surface area contributed by atoms with Crippen molar-refractivity contribution in [1.82, 2.24) is 9.29 Å². The number of rotatable bonds is 8. The van der Waals surface area contributed by atoms with E-state index in [4.69, 9.17) is 4.74 Å². The van der Waals surface area contributed by atoms with Gasteiger partial charge in [0.25, 0.3) is 0 Å². The Morgan fingerprint density at radius 2 is 1.85 bits per heavy atom. The van der Waals surface area contributed by atoms with Crippen LogP contribution in [-0.4, -0.2) is 38.0 Å². The molecule has 146 valence electrons. The summed E-state index contributed by atoms with van der Waals surface area (Å²) in [6.07, 6.45) is 9.62. The third-order valence-electron chi connectivity index (χ3n) is 5.22. The van der Waals surface area contributed by atoms with Crippen LogP contribution in [0.4, 0.5) is 0 Å². The Morgan fingerprint density at radius 3 is 2.48 bits per heavy atom. The summed E-state index contributed by atoms with van der Waals surface area (Å²) < 4.78 is 32.9. The molecule has 1 aromatic heterocycles. The molecule has 0 spiro atoms. The maximum Gasteiger partial charge on any atom is 0.243 e. The lowest BCUT2D eigenvalue weighted by Crippen LogP contribution is -2.33. The molecule has 0 bridgehead atoms. The van der Waals surface area contributed by atoms with Gasteiger partial charge in [-0.2, -0.15) is 4.31 Å². The fourth-order valence-corrected chi connectivity index (χ4v) is 5.08. The summed E-state index contributed by atoms with van der Waals surface area (Å²) in [5.41, 5.74) is 2.11. The van der Waals surface area contributed by atoms with Crippen molar-refractivity contribution in [2.24, 2.45) is 0 Å². The molecule has 1 heterocycles. The van der Waals surface area contributed by atoms with E-state index in [0.29, 0.717) is 24.0 Å². The predicted octanol–water partition coefficient (Wildman–Crippen LogP) is 3.97. The average molecular weight is 389 g/mol. The van der Waals surface area contributed by atoms with Crippen molar-refractivity contribution in [2.45, 2.75) is 49.5 Å². The van der Waals surface area contributed by atoms with Gasteiger partial charge in [0.15, 0.2) is 0 Å². The summed E-state index contributed by atoms with van der Waals surface area (Å²) in [5, 5.41) is 0. The van der Waals surface area contributed by atoms with Gasteiger partial charge in [0.1, 0.15) is 0 Å². The topological polar surface area (TPSA) is 59.5 Å². The van der Waals surface area contributed by atoms with Crippen molar-refractivity contribution in [3.05, 3.63) is 59.9 Å². The van der Waals surface area contributed by atoms with Gasteiger partial charge < -0.3 is 4.74 Å². The van der Waals surface area contributed by atoms with Crippen LogP contribution < -0.4 is 0 Å². The van der Waals surface area contributed by atoms with Gasteiger partial charge in [-0.05, 0) is 48.1 Å². The van der Waals surface area contributed by atoms with Crippen LogP contribution in [0.2, 0.25) is 0 Å². The van der Waals surface area contributed by atoms with Gasteiger partial charge >= 0.3 is 0 Å². The van der Waals surface area contributed by atoms with Gasteiger partial charge in [-0.25, -0.2) is 8.42 Å². The van der Waals surface area contributed by atoms with Crippen LogP contribution >= 0.6 is 0 Å². The largest absolute Gasteiger partial charge is 0.383 e. The lowest BCUT2D eigenvalue weighted by molar-refractivity contribution is 0.177. The summed E-state index contributed by atoms with van der Waals surface area (Å²) in [4.78, 5) is 4.42. The van der Waals surface area contributed by atoms with Crippen LogP contribution in [0.5, 0.6) is 0 Å². The minimum absolute atomic E-state index is 0.282. The second-order valence-corrected chi connectivity index (χ2v) is 9.03. The quantitative estimate of drug-likeness (QED) is 0.687. The maximum absolute atomic E-state index is 13.2.